The molecule has 0 heterocycles. The standard InChI is InChI=1S/C10H21NO3S/c1-3-15(12,13)8-7-11-9-10(14-2)5-4-6-10/h11H,3-9H2,1-2H3. The van der Waals surface area contributed by atoms with Crippen molar-refractivity contribution in [2.75, 3.05) is 31.7 Å². The van der Waals surface area contributed by atoms with E-state index in [4.69, 9.17) is 4.74 Å². The Morgan fingerprint density at radius 1 is 1.40 bits per heavy atom. The Balaban J connectivity index is 2.16. The molecule has 1 rings (SSSR count). The molecule has 0 aromatic carbocycles. The number of nitrogens with one attached hydrogen (secondary N) is 1. The number of hydrogen-bond donors (Lipinski definition) is 1. The van der Waals surface area contributed by atoms with Crippen LogP contribution in [-0.4, -0.2) is 45.7 Å². The van der Waals surface area contributed by atoms with Crippen molar-refractivity contribution in [2.24, 2.45) is 0 Å². The smallest absolute Gasteiger partial charge is 0.151 e. The summed E-state index contributed by atoms with van der Waals surface area (Å²) >= 11 is 0. The van der Waals surface area contributed by atoms with Crippen LogP contribution in [0.3, 0.4) is 0 Å². The molecule has 0 aliphatic heterocycles. The first-order valence-corrected chi connectivity index (χ1v) is 7.32. The van der Waals surface area contributed by atoms with Crippen LogP contribution in [0.1, 0.15) is 26.2 Å². The van der Waals surface area contributed by atoms with E-state index in [1.807, 2.05) is 0 Å². The van der Waals surface area contributed by atoms with Gasteiger partial charge in [0.25, 0.3) is 0 Å². The molecule has 4 nitrogen and oxygen atoms in total. The third-order valence-electron chi connectivity index (χ3n) is 3.17. The molecule has 90 valence electrons. The molecule has 1 N–H and O–H groups in total. The van der Waals surface area contributed by atoms with Crippen molar-refractivity contribution >= 4 is 9.84 Å². The summed E-state index contributed by atoms with van der Waals surface area (Å²) in [6, 6.07) is 0. The molecule has 5 heteroatoms. The normalized spacial score (nSPS) is 19.9. The number of ether oxygens (including phenoxy) is 1. The molecule has 0 spiro atoms. The van der Waals surface area contributed by atoms with Crippen molar-refractivity contribution in [1.29, 1.82) is 0 Å². The lowest BCUT2D eigenvalue weighted by molar-refractivity contribution is -0.0689. The fraction of sp³-hybridized carbons (Fsp3) is 1.00. The molecule has 1 aliphatic carbocycles. The van der Waals surface area contributed by atoms with Crippen LogP contribution < -0.4 is 5.32 Å². The number of sulfone groups is 1. The van der Waals surface area contributed by atoms with E-state index in [1.54, 1.807) is 14.0 Å². The van der Waals surface area contributed by atoms with E-state index < -0.39 is 9.84 Å². The van der Waals surface area contributed by atoms with Crippen LogP contribution in [0.25, 0.3) is 0 Å². The first kappa shape index (κ1) is 12.9. The highest BCUT2D eigenvalue weighted by molar-refractivity contribution is 7.91. The van der Waals surface area contributed by atoms with Gasteiger partial charge in [0.2, 0.25) is 0 Å². The molecule has 0 amide bonds. The van der Waals surface area contributed by atoms with E-state index in [0.29, 0.717) is 6.54 Å². The molecule has 0 radical (unpaired) electrons. The van der Waals surface area contributed by atoms with Crippen molar-refractivity contribution in [3.05, 3.63) is 0 Å². The van der Waals surface area contributed by atoms with Crippen LogP contribution in [0.2, 0.25) is 0 Å². The zero-order chi connectivity index (χ0) is 11.4. The summed E-state index contributed by atoms with van der Waals surface area (Å²) < 4.78 is 27.8. The van der Waals surface area contributed by atoms with Crippen molar-refractivity contribution in [1.82, 2.24) is 5.32 Å². The van der Waals surface area contributed by atoms with Gasteiger partial charge in [-0.05, 0) is 19.3 Å². The van der Waals surface area contributed by atoms with Crippen molar-refractivity contribution < 1.29 is 13.2 Å². The molecule has 15 heavy (non-hydrogen) atoms. The molecule has 0 aromatic rings. The van der Waals surface area contributed by atoms with Crippen LogP contribution >= 0.6 is 0 Å². The third-order valence-corrected chi connectivity index (χ3v) is 4.88. The summed E-state index contributed by atoms with van der Waals surface area (Å²) in [4.78, 5) is 0. The van der Waals surface area contributed by atoms with Gasteiger partial charge in [0.05, 0.1) is 11.4 Å². The van der Waals surface area contributed by atoms with E-state index in [9.17, 15) is 8.42 Å². The largest absolute Gasteiger partial charge is 0.377 e. The summed E-state index contributed by atoms with van der Waals surface area (Å²) in [5, 5.41) is 3.17. The maximum atomic E-state index is 11.2. The highest BCUT2D eigenvalue weighted by Crippen LogP contribution is 2.34. The first-order chi connectivity index (χ1) is 7.04. The molecule has 0 bridgehead atoms. The zero-order valence-corrected chi connectivity index (χ0v) is 10.4. The summed E-state index contributed by atoms with van der Waals surface area (Å²) in [6.07, 6.45) is 3.37. The van der Waals surface area contributed by atoms with E-state index in [2.05, 4.69) is 5.32 Å². The highest BCUT2D eigenvalue weighted by Gasteiger charge is 2.36. The lowest BCUT2D eigenvalue weighted by Crippen LogP contribution is -2.48. The molecule has 1 fully saturated rings. The van der Waals surface area contributed by atoms with Gasteiger partial charge in [-0.25, -0.2) is 8.42 Å². The van der Waals surface area contributed by atoms with Gasteiger partial charge in [-0.15, -0.1) is 0 Å². The molecular weight excluding hydrogens is 214 g/mol. The topological polar surface area (TPSA) is 55.4 Å². The van der Waals surface area contributed by atoms with Gasteiger partial charge in [0, 0.05) is 26.0 Å². The second kappa shape index (κ2) is 5.27. The zero-order valence-electron chi connectivity index (χ0n) is 9.58. The lowest BCUT2D eigenvalue weighted by atomic mass is 9.80. The Hall–Kier alpha value is -0.130. The molecule has 0 unspecified atom stereocenters. The monoisotopic (exact) mass is 235 g/mol. The summed E-state index contributed by atoms with van der Waals surface area (Å²) in [7, 11) is -1.11. The van der Waals surface area contributed by atoms with Crippen LogP contribution in [0.15, 0.2) is 0 Å². The summed E-state index contributed by atoms with van der Waals surface area (Å²) in [5.41, 5.74) is -0.0179. The molecular formula is C10H21NO3S. The predicted molar refractivity (Wildman–Crippen MR) is 60.8 cm³/mol. The SMILES string of the molecule is CCS(=O)(=O)CCNCC1(OC)CCC1. The van der Waals surface area contributed by atoms with Gasteiger partial charge in [-0.2, -0.15) is 0 Å². The number of rotatable bonds is 7. The Kier molecular flexibility index (Phi) is 4.55. The van der Waals surface area contributed by atoms with Gasteiger partial charge < -0.3 is 10.1 Å². The second-order valence-electron chi connectivity index (χ2n) is 4.15. The van der Waals surface area contributed by atoms with E-state index in [1.165, 1.54) is 6.42 Å². The van der Waals surface area contributed by atoms with Crippen molar-refractivity contribution in [3.8, 4) is 0 Å². The van der Waals surface area contributed by atoms with E-state index in [-0.39, 0.29) is 17.1 Å². The van der Waals surface area contributed by atoms with Gasteiger partial charge in [0.1, 0.15) is 0 Å². The number of methoxy groups -OCH3 is 1. The molecule has 1 aliphatic rings. The Labute approximate surface area is 92.3 Å². The van der Waals surface area contributed by atoms with Crippen LogP contribution in [0, 0.1) is 0 Å². The Bertz CT molecular complexity index is 278. The van der Waals surface area contributed by atoms with Gasteiger partial charge in [0.15, 0.2) is 9.84 Å². The second-order valence-corrected chi connectivity index (χ2v) is 6.63. The highest BCUT2D eigenvalue weighted by atomic mass is 32.2. The minimum atomic E-state index is -2.84. The van der Waals surface area contributed by atoms with Gasteiger partial charge >= 0.3 is 0 Å². The average Bonchev–Trinajstić information content (AvgIpc) is 2.16. The Morgan fingerprint density at radius 3 is 2.47 bits per heavy atom. The predicted octanol–water partition coefficient (Wildman–Crippen LogP) is 0.580. The van der Waals surface area contributed by atoms with Crippen molar-refractivity contribution in [2.45, 2.75) is 31.8 Å². The van der Waals surface area contributed by atoms with Crippen LogP contribution in [0.4, 0.5) is 0 Å². The van der Waals surface area contributed by atoms with Gasteiger partial charge in [-0.1, -0.05) is 6.92 Å². The van der Waals surface area contributed by atoms with Crippen molar-refractivity contribution in [3.63, 3.8) is 0 Å². The fourth-order valence-electron chi connectivity index (χ4n) is 1.71. The molecule has 0 saturated heterocycles. The lowest BCUT2D eigenvalue weighted by Gasteiger charge is -2.40. The quantitative estimate of drug-likeness (QED) is 0.656. The third kappa shape index (κ3) is 3.74. The molecule has 1 saturated carbocycles. The molecule has 0 atom stereocenters. The van der Waals surface area contributed by atoms with E-state index in [0.717, 1.165) is 19.4 Å². The first-order valence-electron chi connectivity index (χ1n) is 5.50. The summed E-state index contributed by atoms with van der Waals surface area (Å²) in [5.74, 6) is 0.452. The van der Waals surface area contributed by atoms with E-state index >= 15 is 0 Å². The Morgan fingerprint density at radius 2 is 2.07 bits per heavy atom. The van der Waals surface area contributed by atoms with Crippen LogP contribution in [0.5, 0.6) is 0 Å². The number of hydrogen-bond acceptors (Lipinski definition) is 4. The fourth-order valence-corrected chi connectivity index (χ4v) is 2.46. The maximum Gasteiger partial charge on any atom is 0.151 e. The summed E-state index contributed by atoms with van der Waals surface area (Å²) in [6.45, 7) is 2.97. The minimum Gasteiger partial charge on any atom is -0.377 e. The van der Waals surface area contributed by atoms with Gasteiger partial charge in [-0.3, -0.25) is 0 Å². The minimum absolute atomic E-state index is 0.0179. The van der Waals surface area contributed by atoms with Crippen LogP contribution in [-0.2, 0) is 14.6 Å². The maximum absolute atomic E-state index is 11.2. The molecule has 0 aromatic heterocycles. The average molecular weight is 235 g/mol.